The molecule has 17 heavy (non-hydrogen) atoms. The van der Waals surface area contributed by atoms with Crippen molar-refractivity contribution < 1.29 is 19.1 Å². The van der Waals surface area contributed by atoms with E-state index in [-0.39, 0.29) is 17.9 Å². The number of carbonyl (C=O) groups is 2. The molecule has 0 spiro atoms. The van der Waals surface area contributed by atoms with Gasteiger partial charge in [0, 0.05) is 0 Å². The maximum Gasteiger partial charge on any atom is 0.322 e. The highest BCUT2D eigenvalue weighted by atomic mass is 16.5. The molecular formula is C11H22N2O4. The standard InChI is InChI=1S/C11H22N2O4/c1-7(9(12)11(15)17-4)5-6-13-8(2)10(14)16-3/h7-9,13H,5-6,12H2,1-4H3. The fourth-order valence-electron chi connectivity index (χ4n) is 1.34. The van der Waals surface area contributed by atoms with Crippen LogP contribution in [-0.2, 0) is 19.1 Å². The first-order valence-electron chi connectivity index (χ1n) is 5.58. The Hall–Kier alpha value is -1.14. The Bertz CT molecular complexity index is 258. The summed E-state index contributed by atoms with van der Waals surface area (Å²) in [5.41, 5.74) is 5.68. The number of carbonyl (C=O) groups excluding carboxylic acids is 2. The Morgan fingerprint density at radius 1 is 1.18 bits per heavy atom. The lowest BCUT2D eigenvalue weighted by Gasteiger charge is -2.18. The van der Waals surface area contributed by atoms with Gasteiger partial charge in [-0.25, -0.2) is 0 Å². The molecule has 6 heteroatoms. The summed E-state index contributed by atoms with van der Waals surface area (Å²) in [6, 6.07) is -0.989. The van der Waals surface area contributed by atoms with E-state index in [1.807, 2.05) is 6.92 Å². The van der Waals surface area contributed by atoms with Crippen molar-refractivity contribution in [3.8, 4) is 0 Å². The number of nitrogens with one attached hydrogen (secondary N) is 1. The number of ether oxygens (including phenoxy) is 2. The van der Waals surface area contributed by atoms with Crippen LogP contribution in [0.3, 0.4) is 0 Å². The number of esters is 2. The number of hydrogen-bond acceptors (Lipinski definition) is 6. The van der Waals surface area contributed by atoms with Crippen LogP contribution in [0.2, 0.25) is 0 Å². The molecule has 100 valence electrons. The molecule has 0 rings (SSSR count). The highest BCUT2D eigenvalue weighted by Crippen LogP contribution is 2.06. The zero-order chi connectivity index (χ0) is 13.4. The van der Waals surface area contributed by atoms with Gasteiger partial charge in [-0.3, -0.25) is 9.59 Å². The van der Waals surface area contributed by atoms with E-state index in [4.69, 9.17) is 5.73 Å². The first kappa shape index (κ1) is 15.9. The first-order chi connectivity index (χ1) is 7.93. The van der Waals surface area contributed by atoms with Gasteiger partial charge in [0.05, 0.1) is 14.2 Å². The predicted octanol–water partition coefficient (Wildman–Crippen LogP) is -0.336. The lowest BCUT2D eigenvalue weighted by molar-refractivity contribution is -0.144. The molecule has 0 saturated heterocycles. The highest BCUT2D eigenvalue weighted by Gasteiger charge is 2.21. The SMILES string of the molecule is COC(=O)C(C)NCCC(C)C(N)C(=O)OC. The maximum atomic E-state index is 11.2. The smallest absolute Gasteiger partial charge is 0.322 e. The normalized spacial score (nSPS) is 15.8. The monoisotopic (exact) mass is 246 g/mol. The van der Waals surface area contributed by atoms with E-state index in [1.54, 1.807) is 6.92 Å². The summed E-state index contributed by atoms with van der Waals surface area (Å²) in [4.78, 5) is 22.3. The second-order valence-corrected chi connectivity index (χ2v) is 4.01. The number of rotatable bonds is 7. The van der Waals surface area contributed by atoms with E-state index in [0.717, 1.165) is 0 Å². The molecule has 6 nitrogen and oxygen atoms in total. The molecule has 0 aliphatic rings. The largest absolute Gasteiger partial charge is 0.468 e. The van der Waals surface area contributed by atoms with Crippen LogP contribution in [0.1, 0.15) is 20.3 Å². The molecule has 3 atom stereocenters. The van der Waals surface area contributed by atoms with Gasteiger partial charge >= 0.3 is 11.9 Å². The van der Waals surface area contributed by atoms with E-state index in [1.165, 1.54) is 14.2 Å². The Balaban J connectivity index is 3.89. The van der Waals surface area contributed by atoms with Crippen molar-refractivity contribution in [2.24, 2.45) is 11.7 Å². The molecule has 0 radical (unpaired) electrons. The molecular weight excluding hydrogens is 224 g/mol. The molecule has 0 aliphatic heterocycles. The summed E-state index contributed by atoms with van der Waals surface area (Å²) < 4.78 is 9.13. The topological polar surface area (TPSA) is 90.6 Å². The van der Waals surface area contributed by atoms with Crippen molar-refractivity contribution in [1.29, 1.82) is 0 Å². The zero-order valence-electron chi connectivity index (χ0n) is 10.9. The van der Waals surface area contributed by atoms with Gasteiger partial charge in [0.25, 0.3) is 0 Å². The van der Waals surface area contributed by atoms with Gasteiger partial charge in [-0.1, -0.05) is 6.92 Å². The van der Waals surface area contributed by atoms with Crippen molar-refractivity contribution in [3.05, 3.63) is 0 Å². The Morgan fingerprint density at radius 2 is 1.71 bits per heavy atom. The molecule has 0 heterocycles. The third kappa shape index (κ3) is 5.65. The molecule has 0 saturated carbocycles. The average Bonchev–Trinajstić information content (AvgIpc) is 2.35. The van der Waals surface area contributed by atoms with Gasteiger partial charge in [-0.2, -0.15) is 0 Å². The second kappa shape index (κ2) is 8.03. The van der Waals surface area contributed by atoms with E-state index in [0.29, 0.717) is 13.0 Å². The second-order valence-electron chi connectivity index (χ2n) is 4.01. The highest BCUT2D eigenvalue weighted by molar-refractivity contribution is 5.75. The van der Waals surface area contributed by atoms with Gasteiger partial charge < -0.3 is 20.5 Å². The number of methoxy groups -OCH3 is 2. The quantitative estimate of drug-likeness (QED) is 0.597. The Labute approximate surface area is 102 Å². The zero-order valence-corrected chi connectivity index (χ0v) is 10.9. The molecule has 0 aromatic rings. The van der Waals surface area contributed by atoms with Gasteiger partial charge in [0.2, 0.25) is 0 Å². The minimum absolute atomic E-state index is 0.0141. The summed E-state index contributed by atoms with van der Waals surface area (Å²) in [7, 11) is 2.66. The van der Waals surface area contributed by atoms with Crippen LogP contribution in [0.15, 0.2) is 0 Å². The molecule has 3 N–H and O–H groups in total. The van der Waals surface area contributed by atoms with Crippen LogP contribution in [-0.4, -0.2) is 44.8 Å². The van der Waals surface area contributed by atoms with Crippen LogP contribution in [0.4, 0.5) is 0 Å². The predicted molar refractivity (Wildman–Crippen MR) is 63.3 cm³/mol. The average molecular weight is 246 g/mol. The van der Waals surface area contributed by atoms with Crippen molar-refractivity contribution in [3.63, 3.8) is 0 Å². The third-order valence-electron chi connectivity index (χ3n) is 2.69. The van der Waals surface area contributed by atoms with E-state index >= 15 is 0 Å². The van der Waals surface area contributed by atoms with Crippen molar-refractivity contribution >= 4 is 11.9 Å². The van der Waals surface area contributed by atoms with Gasteiger partial charge in [-0.05, 0) is 25.8 Å². The van der Waals surface area contributed by atoms with Crippen molar-refractivity contribution in [2.75, 3.05) is 20.8 Å². The molecule has 0 aromatic carbocycles. The summed E-state index contributed by atoms with van der Waals surface area (Å²) >= 11 is 0. The minimum Gasteiger partial charge on any atom is -0.468 e. The van der Waals surface area contributed by atoms with Crippen LogP contribution in [0, 0.1) is 5.92 Å². The van der Waals surface area contributed by atoms with Gasteiger partial charge in [0.15, 0.2) is 0 Å². The molecule has 0 amide bonds. The van der Waals surface area contributed by atoms with Crippen molar-refractivity contribution in [2.45, 2.75) is 32.4 Å². The van der Waals surface area contributed by atoms with E-state index < -0.39 is 12.0 Å². The van der Waals surface area contributed by atoms with Gasteiger partial charge in [-0.15, -0.1) is 0 Å². The van der Waals surface area contributed by atoms with E-state index in [9.17, 15) is 9.59 Å². The maximum absolute atomic E-state index is 11.2. The van der Waals surface area contributed by atoms with Crippen LogP contribution in [0.25, 0.3) is 0 Å². The number of nitrogens with two attached hydrogens (primary N) is 1. The van der Waals surface area contributed by atoms with Crippen LogP contribution < -0.4 is 11.1 Å². The lowest BCUT2D eigenvalue weighted by Crippen LogP contribution is -2.41. The summed E-state index contributed by atoms with van der Waals surface area (Å²) in [5, 5.41) is 2.99. The van der Waals surface area contributed by atoms with E-state index in [2.05, 4.69) is 14.8 Å². The summed E-state index contributed by atoms with van der Waals surface area (Å²) in [6.45, 7) is 4.17. The van der Waals surface area contributed by atoms with Crippen LogP contribution >= 0.6 is 0 Å². The lowest BCUT2D eigenvalue weighted by atomic mass is 9.99. The fourth-order valence-corrected chi connectivity index (χ4v) is 1.34. The first-order valence-corrected chi connectivity index (χ1v) is 5.58. The molecule has 0 fully saturated rings. The summed E-state index contributed by atoms with van der Waals surface area (Å²) in [6.07, 6.45) is 0.678. The fraction of sp³-hybridized carbons (Fsp3) is 0.818. The molecule has 0 aromatic heterocycles. The third-order valence-corrected chi connectivity index (χ3v) is 2.69. The van der Waals surface area contributed by atoms with Crippen molar-refractivity contribution in [1.82, 2.24) is 5.32 Å². The summed E-state index contributed by atoms with van der Waals surface area (Å²) in [5.74, 6) is -0.742. The molecule has 0 bridgehead atoms. The minimum atomic E-state index is -0.629. The van der Waals surface area contributed by atoms with Crippen LogP contribution in [0.5, 0.6) is 0 Å². The Kier molecular flexibility index (Phi) is 7.49. The molecule has 3 unspecified atom stereocenters. The number of hydrogen-bond donors (Lipinski definition) is 2. The Morgan fingerprint density at radius 3 is 2.18 bits per heavy atom. The molecule has 0 aliphatic carbocycles. The van der Waals surface area contributed by atoms with Gasteiger partial charge in [0.1, 0.15) is 12.1 Å².